The lowest BCUT2D eigenvalue weighted by atomic mass is 10.3. The van der Waals surface area contributed by atoms with E-state index in [9.17, 15) is 18.0 Å². The molecule has 0 radical (unpaired) electrons. The van der Waals surface area contributed by atoms with E-state index in [1.54, 1.807) is 13.8 Å². The van der Waals surface area contributed by atoms with E-state index in [2.05, 4.69) is 25.3 Å². The third kappa shape index (κ3) is 4.71. The average Bonchev–Trinajstić information content (AvgIpc) is 2.44. The summed E-state index contributed by atoms with van der Waals surface area (Å²) in [5.74, 6) is 0.0713. The highest BCUT2D eigenvalue weighted by molar-refractivity contribution is 5.92. The van der Waals surface area contributed by atoms with Crippen LogP contribution in [0.3, 0.4) is 0 Å². The number of halogens is 3. The summed E-state index contributed by atoms with van der Waals surface area (Å²) < 4.78 is 38.2. The molecule has 24 heavy (non-hydrogen) atoms. The number of aryl methyl sites for hydroxylation is 3. The summed E-state index contributed by atoms with van der Waals surface area (Å²) >= 11 is 0. The van der Waals surface area contributed by atoms with Crippen LogP contribution in [0.5, 0.6) is 0 Å². The fraction of sp³-hybridized carbons (Fsp3) is 0.400. The predicted molar refractivity (Wildman–Crippen MR) is 79.3 cm³/mol. The van der Waals surface area contributed by atoms with Gasteiger partial charge in [0, 0.05) is 24.4 Å². The van der Waals surface area contributed by atoms with Crippen LogP contribution in [0.15, 0.2) is 12.1 Å². The first-order valence-corrected chi connectivity index (χ1v) is 7.17. The Bertz CT molecular complexity index is 741. The second-order valence-electron chi connectivity index (χ2n) is 5.26. The van der Waals surface area contributed by atoms with E-state index in [0.717, 1.165) is 6.07 Å². The van der Waals surface area contributed by atoms with Crippen LogP contribution in [0.4, 0.5) is 13.2 Å². The molecule has 1 amide bonds. The molecule has 0 saturated carbocycles. The Balaban J connectivity index is 2.01. The van der Waals surface area contributed by atoms with Gasteiger partial charge in [-0.05, 0) is 32.9 Å². The molecule has 0 saturated heterocycles. The molecule has 6 nitrogen and oxygen atoms in total. The highest BCUT2D eigenvalue weighted by Crippen LogP contribution is 2.27. The summed E-state index contributed by atoms with van der Waals surface area (Å²) in [7, 11) is 0. The van der Waals surface area contributed by atoms with E-state index in [4.69, 9.17) is 0 Å². The molecular weight excluding hydrogens is 323 g/mol. The van der Waals surface area contributed by atoms with Crippen molar-refractivity contribution in [3.8, 4) is 0 Å². The lowest BCUT2D eigenvalue weighted by Crippen LogP contribution is -2.27. The van der Waals surface area contributed by atoms with Gasteiger partial charge in [-0.3, -0.25) is 4.79 Å². The van der Waals surface area contributed by atoms with Gasteiger partial charge in [0.05, 0.1) is 0 Å². The number of hydrogen-bond acceptors (Lipinski definition) is 5. The molecule has 2 rings (SSSR count). The van der Waals surface area contributed by atoms with E-state index in [1.807, 2.05) is 0 Å². The summed E-state index contributed by atoms with van der Waals surface area (Å²) in [6, 6.07) is 2.42. The Morgan fingerprint density at radius 1 is 1.04 bits per heavy atom. The topological polar surface area (TPSA) is 80.7 Å². The van der Waals surface area contributed by atoms with Crippen LogP contribution < -0.4 is 5.32 Å². The van der Waals surface area contributed by atoms with Crippen LogP contribution in [0.2, 0.25) is 0 Å². The zero-order chi connectivity index (χ0) is 17.9. The summed E-state index contributed by atoms with van der Waals surface area (Å²) in [4.78, 5) is 27.5. The molecule has 9 heteroatoms. The number of aromatic nitrogens is 4. The number of hydrogen-bond donors (Lipinski definition) is 1. The maximum absolute atomic E-state index is 12.7. The number of nitrogens with one attached hydrogen (secondary N) is 1. The minimum Gasteiger partial charge on any atom is -0.350 e. The zero-order valence-corrected chi connectivity index (χ0v) is 13.4. The number of amides is 1. The van der Waals surface area contributed by atoms with Gasteiger partial charge < -0.3 is 5.32 Å². The van der Waals surface area contributed by atoms with Crippen molar-refractivity contribution in [3.05, 3.63) is 46.6 Å². The van der Waals surface area contributed by atoms with Crippen molar-refractivity contribution in [1.29, 1.82) is 0 Å². The van der Waals surface area contributed by atoms with Crippen molar-refractivity contribution in [3.63, 3.8) is 0 Å². The molecule has 2 aromatic rings. The molecule has 0 bridgehead atoms. The summed E-state index contributed by atoms with van der Waals surface area (Å²) in [5, 5.41) is 2.59. The molecule has 0 aliphatic carbocycles. The zero-order valence-electron chi connectivity index (χ0n) is 13.4. The normalized spacial score (nSPS) is 11.4. The highest BCUT2D eigenvalue weighted by atomic mass is 19.4. The smallest absolute Gasteiger partial charge is 0.350 e. The first-order valence-electron chi connectivity index (χ1n) is 7.17. The van der Waals surface area contributed by atoms with Gasteiger partial charge in [-0.1, -0.05) is 0 Å². The molecular formula is C15H16F3N5O. The number of nitrogens with zero attached hydrogens (tertiary/aromatic N) is 4. The van der Waals surface area contributed by atoms with E-state index in [1.165, 1.54) is 13.0 Å². The van der Waals surface area contributed by atoms with Gasteiger partial charge in [0.15, 0.2) is 0 Å². The van der Waals surface area contributed by atoms with Gasteiger partial charge in [0.2, 0.25) is 0 Å². The van der Waals surface area contributed by atoms with Gasteiger partial charge in [0.25, 0.3) is 5.91 Å². The maximum atomic E-state index is 12.7. The molecule has 0 atom stereocenters. The van der Waals surface area contributed by atoms with Gasteiger partial charge in [0.1, 0.15) is 23.0 Å². The highest BCUT2D eigenvalue weighted by Gasteiger charge is 2.33. The Morgan fingerprint density at radius 2 is 1.71 bits per heavy atom. The quantitative estimate of drug-likeness (QED) is 0.923. The number of carbonyl (C=O) groups is 1. The Labute approximate surface area is 136 Å². The minimum atomic E-state index is -4.53. The average molecular weight is 339 g/mol. The minimum absolute atomic E-state index is 0.0256. The molecule has 0 aliphatic heterocycles. The molecule has 0 aromatic carbocycles. The first kappa shape index (κ1) is 17.8. The Morgan fingerprint density at radius 3 is 2.33 bits per heavy atom. The molecule has 0 aliphatic rings. The van der Waals surface area contributed by atoms with Crippen LogP contribution in [0.1, 0.15) is 39.2 Å². The number of alkyl halides is 3. The van der Waals surface area contributed by atoms with E-state index in [0.29, 0.717) is 11.5 Å². The maximum Gasteiger partial charge on any atom is 0.433 e. The van der Waals surface area contributed by atoms with Gasteiger partial charge in [-0.15, -0.1) is 0 Å². The lowest BCUT2D eigenvalue weighted by molar-refractivity contribution is -0.141. The third-order valence-corrected chi connectivity index (χ3v) is 3.02. The van der Waals surface area contributed by atoms with Crippen molar-refractivity contribution in [2.24, 2.45) is 0 Å². The molecule has 0 spiro atoms. The van der Waals surface area contributed by atoms with Crippen molar-refractivity contribution in [2.75, 3.05) is 6.54 Å². The van der Waals surface area contributed by atoms with E-state index >= 15 is 0 Å². The number of carbonyl (C=O) groups excluding carboxylic acids is 1. The monoisotopic (exact) mass is 339 g/mol. The van der Waals surface area contributed by atoms with Crippen LogP contribution in [-0.2, 0) is 12.6 Å². The number of rotatable bonds is 4. The molecule has 0 unspecified atom stereocenters. The third-order valence-electron chi connectivity index (χ3n) is 3.02. The molecule has 0 fully saturated rings. The van der Waals surface area contributed by atoms with Gasteiger partial charge in [-0.25, -0.2) is 19.9 Å². The van der Waals surface area contributed by atoms with Gasteiger partial charge in [-0.2, -0.15) is 13.2 Å². The van der Waals surface area contributed by atoms with E-state index in [-0.39, 0.29) is 30.2 Å². The Hall–Kier alpha value is -2.58. The van der Waals surface area contributed by atoms with Crippen LogP contribution >= 0.6 is 0 Å². The molecule has 128 valence electrons. The van der Waals surface area contributed by atoms with Crippen molar-refractivity contribution in [2.45, 2.75) is 33.4 Å². The molecule has 2 heterocycles. The lowest BCUT2D eigenvalue weighted by Gasteiger charge is -2.09. The van der Waals surface area contributed by atoms with Crippen LogP contribution in [-0.4, -0.2) is 32.4 Å². The Kier molecular flexibility index (Phi) is 5.10. The molecule has 1 N–H and O–H groups in total. The molecule has 2 aromatic heterocycles. The van der Waals surface area contributed by atoms with Crippen LogP contribution in [0.25, 0.3) is 0 Å². The second-order valence-corrected chi connectivity index (χ2v) is 5.26. The van der Waals surface area contributed by atoms with Crippen molar-refractivity contribution in [1.82, 2.24) is 25.3 Å². The SMILES string of the molecule is Cc1cc(C(=O)NCCc2nc(C)cc(C(F)(F)F)n2)nc(C)n1. The van der Waals surface area contributed by atoms with Gasteiger partial charge >= 0.3 is 6.18 Å². The van der Waals surface area contributed by atoms with Crippen molar-refractivity contribution < 1.29 is 18.0 Å². The summed E-state index contributed by atoms with van der Waals surface area (Å²) in [6.45, 7) is 4.97. The van der Waals surface area contributed by atoms with Crippen LogP contribution in [0, 0.1) is 20.8 Å². The fourth-order valence-electron chi connectivity index (χ4n) is 2.10. The second kappa shape index (κ2) is 6.90. The first-order chi connectivity index (χ1) is 11.1. The predicted octanol–water partition coefficient (Wildman–Crippen LogP) is 2.18. The summed E-state index contributed by atoms with van der Waals surface area (Å²) in [6.07, 6.45) is -4.44. The largest absolute Gasteiger partial charge is 0.433 e. The summed E-state index contributed by atoms with van der Waals surface area (Å²) in [5.41, 5.74) is 0.102. The standard InChI is InChI=1S/C15H16F3N5O/c1-8-6-11(22-10(3)20-8)14(24)19-5-4-13-21-9(2)7-12(23-13)15(16,17)18/h6-7H,4-5H2,1-3H3,(H,19,24). The fourth-order valence-corrected chi connectivity index (χ4v) is 2.10. The van der Waals surface area contributed by atoms with E-state index < -0.39 is 17.8 Å². The van der Waals surface area contributed by atoms with Crippen molar-refractivity contribution >= 4 is 5.91 Å².